The molecule has 11 heteroatoms. The molecule has 0 unspecified atom stereocenters. The van der Waals surface area contributed by atoms with Gasteiger partial charge < -0.3 is 19.1 Å². The normalized spacial score (nSPS) is 14.2. The van der Waals surface area contributed by atoms with E-state index in [4.69, 9.17) is 14.2 Å². The molecule has 0 spiro atoms. The minimum absolute atomic E-state index is 0.0292. The van der Waals surface area contributed by atoms with Crippen molar-refractivity contribution in [3.8, 4) is 0 Å². The number of benzene rings is 2. The van der Waals surface area contributed by atoms with E-state index in [-0.39, 0.29) is 35.2 Å². The average molecular weight is 450 g/mol. The second-order valence-corrected chi connectivity index (χ2v) is 7.98. The molecular weight excluding hydrogens is 431 g/mol. The smallest absolute Gasteiger partial charge is 0.355 e. The Morgan fingerprint density at radius 1 is 1.03 bits per heavy atom. The summed E-state index contributed by atoms with van der Waals surface area (Å²) in [5.41, 5.74) is 0.0835. The van der Waals surface area contributed by atoms with Crippen LogP contribution < -0.4 is 9.62 Å². The fourth-order valence-electron chi connectivity index (χ4n) is 2.90. The van der Waals surface area contributed by atoms with Crippen LogP contribution in [0.5, 0.6) is 0 Å². The third-order valence-corrected chi connectivity index (χ3v) is 5.79. The highest BCUT2D eigenvalue weighted by Gasteiger charge is 2.32. The van der Waals surface area contributed by atoms with Gasteiger partial charge in [-0.3, -0.25) is 4.72 Å². The molecule has 0 bridgehead atoms. The molecule has 1 aliphatic heterocycles. The quantitative estimate of drug-likeness (QED) is 0.666. The Morgan fingerprint density at radius 2 is 1.68 bits per heavy atom. The minimum atomic E-state index is -4.06. The molecule has 0 aromatic heterocycles. The number of carbonyl (C=O) groups is 2. The molecule has 0 atom stereocenters. The van der Waals surface area contributed by atoms with E-state index in [2.05, 4.69) is 4.72 Å². The second-order valence-electron chi connectivity index (χ2n) is 6.30. The Balaban J connectivity index is 1.93. The second kappa shape index (κ2) is 9.14. The Bertz CT molecular complexity index is 1130. The molecule has 0 amide bonds. The Kier molecular flexibility index (Phi) is 6.56. The van der Waals surface area contributed by atoms with Crippen molar-refractivity contribution < 1.29 is 36.6 Å². The van der Waals surface area contributed by atoms with Crippen LogP contribution >= 0.6 is 0 Å². The number of nitrogens with one attached hydrogen (secondary N) is 1. The maximum atomic E-state index is 13.8. The highest BCUT2D eigenvalue weighted by Crippen LogP contribution is 2.28. The number of hydrogen-bond donors (Lipinski definition) is 1. The average Bonchev–Trinajstić information content (AvgIpc) is 2.79. The SMILES string of the molecule is COC(=O)C1=C(C(=O)OC)N(c2ccc(S(=O)(=O)Nc3ccccc3F)cc2)COC1. The van der Waals surface area contributed by atoms with E-state index in [9.17, 15) is 22.4 Å². The molecule has 0 fully saturated rings. The lowest BCUT2D eigenvalue weighted by atomic mass is 10.1. The van der Waals surface area contributed by atoms with Crippen LogP contribution in [-0.4, -0.2) is 47.9 Å². The number of rotatable bonds is 6. The summed E-state index contributed by atoms with van der Waals surface area (Å²) in [5.74, 6) is -2.24. The highest BCUT2D eigenvalue weighted by atomic mass is 32.2. The zero-order valence-electron chi connectivity index (χ0n) is 16.6. The predicted octanol–water partition coefficient (Wildman–Crippen LogP) is 2.02. The summed E-state index contributed by atoms with van der Waals surface area (Å²) in [6.07, 6.45) is 0. The van der Waals surface area contributed by atoms with Crippen LogP contribution in [0.2, 0.25) is 0 Å². The van der Waals surface area contributed by atoms with Gasteiger partial charge in [0.1, 0.15) is 18.2 Å². The molecule has 0 aliphatic carbocycles. The first-order valence-electron chi connectivity index (χ1n) is 8.91. The van der Waals surface area contributed by atoms with Crippen molar-refractivity contribution in [2.75, 3.05) is 37.2 Å². The van der Waals surface area contributed by atoms with Crippen molar-refractivity contribution >= 4 is 33.3 Å². The molecule has 0 saturated carbocycles. The maximum absolute atomic E-state index is 13.8. The predicted molar refractivity (Wildman–Crippen MR) is 108 cm³/mol. The molecule has 164 valence electrons. The molecule has 1 heterocycles. The van der Waals surface area contributed by atoms with E-state index in [1.807, 2.05) is 0 Å². The molecule has 3 rings (SSSR count). The van der Waals surface area contributed by atoms with Crippen LogP contribution in [0.1, 0.15) is 0 Å². The summed E-state index contributed by atoms with van der Waals surface area (Å²) >= 11 is 0. The molecule has 0 radical (unpaired) electrons. The van der Waals surface area contributed by atoms with Gasteiger partial charge in [0.25, 0.3) is 10.0 Å². The molecule has 1 N–H and O–H groups in total. The number of hydrogen-bond acceptors (Lipinski definition) is 8. The van der Waals surface area contributed by atoms with Crippen molar-refractivity contribution in [3.63, 3.8) is 0 Å². The van der Waals surface area contributed by atoms with E-state index >= 15 is 0 Å². The van der Waals surface area contributed by atoms with Crippen molar-refractivity contribution in [2.45, 2.75) is 4.90 Å². The van der Waals surface area contributed by atoms with Gasteiger partial charge in [0.2, 0.25) is 0 Å². The van der Waals surface area contributed by atoms with Crippen LogP contribution in [0.4, 0.5) is 15.8 Å². The largest absolute Gasteiger partial charge is 0.466 e. The van der Waals surface area contributed by atoms with Gasteiger partial charge >= 0.3 is 11.9 Å². The lowest BCUT2D eigenvalue weighted by molar-refractivity contribution is -0.140. The molecule has 31 heavy (non-hydrogen) atoms. The summed E-state index contributed by atoms with van der Waals surface area (Å²) in [5, 5.41) is 0. The Labute approximate surface area is 178 Å². The number of ether oxygens (including phenoxy) is 3. The van der Waals surface area contributed by atoms with Crippen molar-refractivity contribution in [1.29, 1.82) is 0 Å². The number of anilines is 2. The minimum Gasteiger partial charge on any atom is -0.466 e. The number of nitrogens with zero attached hydrogens (tertiary/aromatic N) is 1. The van der Waals surface area contributed by atoms with E-state index in [1.54, 1.807) is 0 Å². The van der Waals surface area contributed by atoms with Crippen LogP contribution in [0.3, 0.4) is 0 Å². The first kappa shape index (κ1) is 22.2. The first-order chi connectivity index (χ1) is 14.8. The number of para-hydroxylation sites is 1. The van der Waals surface area contributed by atoms with Gasteiger partial charge in [-0.25, -0.2) is 22.4 Å². The summed E-state index contributed by atoms with van der Waals surface area (Å²) in [6.45, 7) is -0.225. The van der Waals surface area contributed by atoms with Crippen molar-refractivity contribution in [2.24, 2.45) is 0 Å². The zero-order chi connectivity index (χ0) is 22.6. The lowest BCUT2D eigenvalue weighted by Gasteiger charge is -2.31. The summed E-state index contributed by atoms with van der Waals surface area (Å²) in [6, 6.07) is 10.8. The fraction of sp³-hybridized carbons (Fsp3) is 0.200. The van der Waals surface area contributed by atoms with Gasteiger partial charge in [-0.15, -0.1) is 0 Å². The zero-order valence-corrected chi connectivity index (χ0v) is 17.4. The fourth-order valence-corrected chi connectivity index (χ4v) is 3.97. The molecule has 1 aliphatic rings. The monoisotopic (exact) mass is 450 g/mol. The van der Waals surface area contributed by atoms with Gasteiger partial charge in [0.05, 0.1) is 37.0 Å². The molecule has 2 aromatic carbocycles. The van der Waals surface area contributed by atoms with E-state index in [0.29, 0.717) is 5.69 Å². The molecular formula is C20H19FN2O7S. The van der Waals surface area contributed by atoms with E-state index in [1.165, 1.54) is 61.6 Å². The number of sulfonamides is 1. The van der Waals surface area contributed by atoms with E-state index < -0.39 is 27.8 Å². The van der Waals surface area contributed by atoms with Gasteiger partial charge in [-0.2, -0.15) is 0 Å². The summed E-state index contributed by atoms with van der Waals surface area (Å²) < 4.78 is 56.0. The van der Waals surface area contributed by atoms with Crippen LogP contribution in [-0.2, 0) is 33.8 Å². The summed E-state index contributed by atoms with van der Waals surface area (Å²) in [4.78, 5) is 25.6. The highest BCUT2D eigenvalue weighted by molar-refractivity contribution is 7.92. The molecule has 2 aromatic rings. The van der Waals surface area contributed by atoms with Gasteiger partial charge in [0, 0.05) is 5.69 Å². The van der Waals surface area contributed by atoms with Crippen LogP contribution in [0.25, 0.3) is 0 Å². The van der Waals surface area contributed by atoms with E-state index in [0.717, 1.165) is 6.07 Å². The topological polar surface area (TPSA) is 111 Å². The molecule has 0 saturated heterocycles. The first-order valence-corrected chi connectivity index (χ1v) is 10.4. The van der Waals surface area contributed by atoms with Crippen molar-refractivity contribution in [3.05, 3.63) is 65.6 Å². The Hall–Kier alpha value is -3.44. The summed E-state index contributed by atoms with van der Waals surface area (Å²) in [7, 11) is -1.72. The Morgan fingerprint density at radius 3 is 2.29 bits per heavy atom. The number of halogens is 1. The van der Waals surface area contributed by atoms with Crippen LogP contribution in [0.15, 0.2) is 64.7 Å². The standard InChI is InChI=1S/C20H19FN2O7S/c1-28-19(24)15-11-30-12-23(18(15)20(25)29-2)13-7-9-14(10-8-13)31(26,27)22-17-6-4-3-5-16(17)21/h3-10,22H,11-12H2,1-2H3. The van der Waals surface area contributed by atoms with Crippen LogP contribution in [0, 0.1) is 5.82 Å². The third-order valence-electron chi connectivity index (χ3n) is 4.41. The third kappa shape index (κ3) is 4.67. The number of methoxy groups -OCH3 is 2. The van der Waals surface area contributed by atoms with Gasteiger partial charge in [0.15, 0.2) is 0 Å². The molecule has 9 nitrogen and oxygen atoms in total. The van der Waals surface area contributed by atoms with Crippen molar-refractivity contribution in [1.82, 2.24) is 0 Å². The number of carbonyl (C=O) groups excluding carboxylic acids is 2. The maximum Gasteiger partial charge on any atom is 0.355 e. The van der Waals surface area contributed by atoms with Gasteiger partial charge in [-0.1, -0.05) is 12.1 Å². The van der Waals surface area contributed by atoms with Gasteiger partial charge in [-0.05, 0) is 36.4 Å². The lowest BCUT2D eigenvalue weighted by Crippen LogP contribution is -2.38. The number of esters is 2.